The Hall–Kier alpha value is -3.05. The molecule has 0 aliphatic carbocycles. The summed E-state index contributed by atoms with van der Waals surface area (Å²) in [5.74, 6) is 0. The number of hydrogen-bond acceptors (Lipinski definition) is 10. The molecule has 0 saturated carbocycles. The highest BCUT2D eigenvalue weighted by atomic mass is 19.4. The number of alkyl halides is 3. The topological polar surface area (TPSA) is 119 Å². The second kappa shape index (κ2) is 21.1. The number of likely N-dealkylation sites (tertiary alicyclic amines) is 3. The van der Waals surface area contributed by atoms with Crippen LogP contribution in [-0.4, -0.2) is 137 Å². The number of amides is 1. The molecule has 0 radical (unpaired) electrons. The van der Waals surface area contributed by atoms with Crippen LogP contribution in [0.4, 0.5) is 18.0 Å². The van der Waals surface area contributed by atoms with Crippen molar-refractivity contribution < 1.29 is 37.0 Å². The Morgan fingerprint density at radius 1 is 0.754 bits per heavy atom. The van der Waals surface area contributed by atoms with E-state index in [2.05, 4.69) is 50.5 Å². The lowest BCUT2D eigenvalue weighted by molar-refractivity contribution is -0.156. The minimum Gasteiger partial charge on any atom is -0.444 e. The normalized spacial score (nSPS) is 22.8. The number of aldehydes is 1. The highest BCUT2D eigenvalue weighted by Gasteiger charge is 2.43. The molecule has 1 amide bonds. The van der Waals surface area contributed by atoms with Gasteiger partial charge in [-0.15, -0.1) is 0 Å². The van der Waals surface area contributed by atoms with Gasteiger partial charge >= 0.3 is 12.3 Å². The predicted octanol–water partition coefficient (Wildman–Crippen LogP) is 7.14. The summed E-state index contributed by atoms with van der Waals surface area (Å²) in [7, 11) is 0. The van der Waals surface area contributed by atoms with Crippen LogP contribution < -0.4 is 5.32 Å². The molecule has 1 N–H and O–H groups in total. The van der Waals surface area contributed by atoms with E-state index in [9.17, 15) is 18.0 Å². The van der Waals surface area contributed by atoms with Gasteiger partial charge in [-0.25, -0.2) is 4.79 Å². The molecule has 6 fully saturated rings. The van der Waals surface area contributed by atoms with Crippen molar-refractivity contribution in [1.29, 1.82) is 0 Å². The summed E-state index contributed by atoms with van der Waals surface area (Å²) in [4.78, 5) is 28.3. The third-order valence-corrected chi connectivity index (χ3v) is 13.6. The van der Waals surface area contributed by atoms with E-state index < -0.39 is 18.1 Å². The van der Waals surface area contributed by atoms with Crippen molar-refractivity contribution in [3.05, 3.63) is 34.9 Å². The predicted molar refractivity (Wildman–Crippen MR) is 227 cm³/mol. The molecule has 0 unspecified atom stereocenters. The standard InChI is InChI=1S/C24H40N4O3.C19H32N4O.C2HF3O/c1-5-19-16-21(28(25-19)20-6-14-30-15-7-20)17-26-11-8-24(18-26)9-12-27(13-10-24)22(29)31-23(2,3)4;1-2-16-13-18(23(21-16)17-3-11-24-12-4-17)14-22-10-7-19(15-22)5-8-20-9-6-19;3-2(4,5)1-6/h16,20H,5-15,17-18H2,1-4H3;13,17,20H,2-12,14-15H2,1H3;1H. The zero-order valence-electron chi connectivity index (χ0n) is 37.6. The number of carbonyl (C=O) groups is 2. The van der Waals surface area contributed by atoms with Gasteiger partial charge in [0.1, 0.15) is 5.60 Å². The molecule has 8 rings (SSSR count). The van der Waals surface area contributed by atoms with Crippen LogP contribution in [0.3, 0.4) is 0 Å². The molecular formula is C45H73F3N8O5. The molecule has 2 aromatic rings. The fraction of sp³-hybridized carbons (Fsp3) is 0.822. The van der Waals surface area contributed by atoms with Crippen molar-refractivity contribution in [3.8, 4) is 0 Å². The first-order chi connectivity index (χ1) is 29.1. The van der Waals surface area contributed by atoms with Gasteiger partial charge in [0.05, 0.1) is 34.9 Å². The molecule has 0 atom stereocenters. The van der Waals surface area contributed by atoms with E-state index in [1.54, 1.807) is 0 Å². The molecule has 8 heterocycles. The van der Waals surface area contributed by atoms with Crippen LogP contribution in [0.2, 0.25) is 0 Å². The first-order valence-electron chi connectivity index (χ1n) is 23.1. The lowest BCUT2D eigenvalue weighted by Crippen LogP contribution is -2.46. The molecule has 16 heteroatoms. The third kappa shape index (κ3) is 13.5. The van der Waals surface area contributed by atoms with Crippen LogP contribution in [0.1, 0.15) is 134 Å². The van der Waals surface area contributed by atoms with Gasteiger partial charge in [0.15, 0.2) is 0 Å². The van der Waals surface area contributed by atoms with Crippen molar-refractivity contribution in [2.24, 2.45) is 10.8 Å². The van der Waals surface area contributed by atoms with Gasteiger partial charge in [0, 0.05) is 65.7 Å². The van der Waals surface area contributed by atoms with Crippen LogP contribution in [0.5, 0.6) is 0 Å². The summed E-state index contributed by atoms with van der Waals surface area (Å²) < 4.78 is 52.6. The lowest BCUT2D eigenvalue weighted by Gasteiger charge is -2.39. The first kappa shape index (κ1) is 47.4. The third-order valence-electron chi connectivity index (χ3n) is 13.6. The van der Waals surface area contributed by atoms with Crippen LogP contribution in [0.25, 0.3) is 0 Å². The number of ether oxygens (including phenoxy) is 3. The van der Waals surface area contributed by atoms with E-state index in [0.717, 1.165) is 117 Å². The number of hydrogen-bond donors (Lipinski definition) is 1. The van der Waals surface area contributed by atoms with E-state index >= 15 is 0 Å². The maximum atomic E-state index is 12.4. The molecule has 13 nitrogen and oxygen atoms in total. The van der Waals surface area contributed by atoms with E-state index in [0.29, 0.717) is 22.9 Å². The summed E-state index contributed by atoms with van der Waals surface area (Å²) in [6.45, 7) is 24.5. The summed E-state index contributed by atoms with van der Waals surface area (Å²) in [6, 6.07) is 5.66. The van der Waals surface area contributed by atoms with Gasteiger partial charge in [-0.3, -0.25) is 24.0 Å². The number of nitrogens with one attached hydrogen (secondary N) is 1. The van der Waals surface area contributed by atoms with Crippen LogP contribution in [0.15, 0.2) is 12.1 Å². The molecule has 2 spiro atoms. The SMILES string of the molecule is CCc1cc(CN2CCC3(CCN(C(=O)OC(C)(C)C)CC3)C2)n(C2CCOCC2)n1.CCc1cc(CN2CCC3(CCNCC3)C2)n(C2CCOCC2)n1.O=CC(F)(F)F. The molecular weight excluding hydrogens is 790 g/mol. The Kier molecular flexibility index (Phi) is 16.4. The summed E-state index contributed by atoms with van der Waals surface area (Å²) in [5, 5.41) is 13.4. The molecule has 61 heavy (non-hydrogen) atoms. The number of piperidine rings is 2. The van der Waals surface area contributed by atoms with Crippen molar-refractivity contribution in [1.82, 2.24) is 39.6 Å². The smallest absolute Gasteiger partial charge is 0.444 e. The number of rotatable bonds is 8. The molecule has 0 aromatic carbocycles. The summed E-state index contributed by atoms with van der Waals surface area (Å²) in [5.41, 5.74) is 5.71. The average molecular weight is 863 g/mol. The monoisotopic (exact) mass is 863 g/mol. The van der Waals surface area contributed by atoms with E-state index in [1.165, 1.54) is 74.6 Å². The van der Waals surface area contributed by atoms with Gasteiger partial charge < -0.3 is 24.4 Å². The Balaban J connectivity index is 0.000000184. The van der Waals surface area contributed by atoms with Gasteiger partial charge in [0.25, 0.3) is 0 Å². The fourth-order valence-corrected chi connectivity index (χ4v) is 10.1. The van der Waals surface area contributed by atoms with Crippen LogP contribution in [0, 0.1) is 10.8 Å². The maximum Gasteiger partial charge on any atom is 0.446 e. The molecule has 6 aliphatic rings. The molecule has 0 bridgehead atoms. The number of aryl methyl sites for hydroxylation is 2. The van der Waals surface area contributed by atoms with Crippen molar-refractivity contribution in [2.45, 2.75) is 149 Å². The summed E-state index contributed by atoms with van der Waals surface area (Å²) in [6.07, 6.45) is 7.91. The minimum absolute atomic E-state index is 0.162. The van der Waals surface area contributed by atoms with E-state index in [1.807, 2.05) is 25.7 Å². The average Bonchev–Trinajstić information content (AvgIpc) is 4.05. The Morgan fingerprint density at radius 3 is 1.56 bits per heavy atom. The highest BCUT2D eigenvalue weighted by molar-refractivity contribution is 5.68. The Labute approximate surface area is 361 Å². The highest BCUT2D eigenvalue weighted by Crippen LogP contribution is 2.42. The second-order valence-electron chi connectivity index (χ2n) is 19.3. The van der Waals surface area contributed by atoms with Gasteiger partial charge in [0.2, 0.25) is 6.29 Å². The second-order valence-corrected chi connectivity index (χ2v) is 19.3. The lowest BCUT2D eigenvalue weighted by atomic mass is 9.78. The number of nitrogens with zero attached hydrogens (tertiary/aromatic N) is 7. The van der Waals surface area contributed by atoms with E-state index in [-0.39, 0.29) is 6.09 Å². The summed E-state index contributed by atoms with van der Waals surface area (Å²) >= 11 is 0. The van der Waals surface area contributed by atoms with Gasteiger partial charge in [-0.05, 0) is 147 Å². The van der Waals surface area contributed by atoms with Crippen molar-refractivity contribution in [3.63, 3.8) is 0 Å². The molecule has 6 saturated heterocycles. The number of carbonyl (C=O) groups excluding carboxylic acids is 2. The first-order valence-corrected chi connectivity index (χ1v) is 23.1. The van der Waals surface area contributed by atoms with Crippen LogP contribution >= 0.6 is 0 Å². The molecule has 344 valence electrons. The minimum atomic E-state index is -4.64. The zero-order valence-corrected chi connectivity index (χ0v) is 37.6. The Bertz CT molecular complexity index is 1680. The zero-order chi connectivity index (χ0) is 43.7. The van der Waals surface area contributed by atoms with Gasteiger partial charge in [-0.2, -0.15) is 23.4 Å². The van der Waals surface area contributed by atoms with Crippen molar-refractivity contribution >= 4 is 12.4 Å². The fourth-order valence-electron chi connectivity index (χ4n) is 10.1. The quantitative estimate of drug-likeness (QED) is 0.275. The van der Waals surface area contributed by atoms with Crippen LogP contribution in [-0.2, 0) is 44.9 Å². The number of aromatic nitrogens is 4. The number of halogens is 3. The van der Waals surface area contributed by atoms with Gasteiger partial charge in [-0.1, -0.05) is 13.8 Å². The molecule has 6 aliphatic heterocycles. The van der Waals surface area contributed by atoms with E-state index in [4.69, 9.17) is 29.2 Å². The Morgan fingerprint density at radius 2 is 1.16 bits per heavy atom. The largest absolute Gasteiger partial charge is 0.446 e. The molecule has 2 aromatic heterocycles. The van der Waals surface area contributed by atoms with Crippen molar-refractivity contribution in [2.75, 3.05) is 78.8 Å². The maximum absolute atomic E-state index is 12.4.